The van der Waals surface area contributed by atoms with Crippen molar-refractivity contribution in [3.05, 3.63) is 54.6 Å². The third-order valence-electron chi connectivity index (χ3n) is 2.90. The van der Waals surface area contributed by atoms with Crippen LogP contribution in [-0.4, -0.2) is 7.05 Å². The highest BCUT2D eigenvalue weighted by molar-refractivity contribution is 9.10. The van der Waals surface area contributed by atoms with Crippen LogP contribution in [0.15, 0.2) is 39.3 Å². The Hall–Kier alpha value is -0.160. The molecule has 96 valence electrons. The van der Waals surface area contributed by atoms with Crippen molar-refractivity contribution in [3.63, 3.8) is 0 Å². The molecule has 0 saturated heterocycles. The van der Waals surface area contributed by atoms with Crippen molar-refractivity contribution in [2.75, 3.05) is 7.05 Å². The van der Waals surface area contributed by atoms with E-state index in [0.717, 1.165) is 10.9 Å². The normalized spacial score (nSPS) is 12.7. The lowest BCUT2D eigenvalue weighted by molar-refractivity contribution is 0.602. The Bertz CT molecular complexity index is 517. The zero-order valence-corrected chi connectivity index (χ0v) is 14.3. The third kappa shape index (κ3) is 3.44. The lowest BCUT2D eigenvalue weighted by Crippen LogP contribution is -2.17. The van der Waals surface area contributed by atoms with E-state index in [1.165, 1.54) is 19.8 Å². The summed E-state index contributed by atoms with van der Waals surface area (Å²) in [6.07, 6.45) is 1.00. The number of hydrogen-bond acceptors (Lipinski definition) is 2. The summed E-state index contributed by atoms with van der Waals surface area (Å²) in [7, 11) is 2.02. The Labute approximate surface area is 129 Å². The van der Waals surface area contributed by atoms with Crippen molar-refractivity contribution in [3.8, 4) is 0 Å². The molecule has 1 unspecified atom stereocenters. The predicted octanol–water partition coefficient (Wildman–Crippen LogP) is 5.08. The number of halogens is 2. The van der Waals surface area contributed by atoms with E-state index < -0.39 is 0 Å². The standard InChI is InChI=1S/C14H15Br2NS/c1-9-12(16)8-14(18-9)13(17-2)7-10-4-3-5-11(15)6-10/h3-6,8,13,17H,7H2,1-2H3. The average Bonchev–Trinajstić information content (AvgIpc) is 2.66. The van der Waals surface area contributed by atoms with Gasteiger partial charge in [0.25, 0.3) is 0 Å². The number of benzene rings is 1. The van der Waals surface area contributed by atoms with Gasteiger partial charge in [0.05, 0.1) is 0 Å². The Morgan fingerprint density at radius 2 is 2.06 bits per heavy atom. The number of likely N-dealkylation sites (N-methyl/N-ethyl adjacent to an activating group) is 1. The third-order valence-corrected chi connectivity index (χ3v) is 5.64. The fourth-order valence-electron chi connectivity index (χ4n) is 1.90. The second kappa shape index (κ2) is 6.33. The zero-order chi connectivity index (χ0) is 13.1. The van der Waals surface area contributed by atoms with Crippen LogP contribution in [0.2, 0.25) is 0 Å². The molecular formula is C14H15Br2NS. The molecule has 1 atom stereocenters. The first-order valence-corrected chi connectivity index (χ1v) is 8.18. The minimum absolute atomic E-state index is 0.370. The minimum Gasteiger partial charge on any atom is -0.312 e. The number of hydrogen-bond donors (Lipinski definition) is 1. The van der Waals surface area contributed by atoms with Crippen LogP contribution in [-0.2, 0) is 6.42 Å². The Kier molecular flexibility index (Phi) is 5.01. The molecule has 0 aliphatic carbocycles. The molecule has 1 aromatic heterocycles. The molecule has 18 heavy (non-hydrogen) atoms. The molecule has 1 nitrogen and oxygen atoms in total. The van der Waals surface area contributed by atoms with E-state index >= 15 is 0 Å². The molecule has 0 bridgehead atoms. The summed E-state index contributed by atoms with van der Waals surface area (Å²) >= 11 is 8.96. The molecule has 0 aliphatic rings. The molecule has 2 aromatic rings. The average molecular weight is 389 g/mol. The van der Waals surface area contributed by atoms with Crippen molar-refractivity contribution in [2.24, 2.45) is 0 Å². The second-order valence-corrected chi connectivity index (χ2v) is 7.29. The highest BCUT2D eigenvalue weighted by Gasteiger charge is 2.14. The van der Waals surface area contributed by atoms with Gasteiger partial charge in [0.1, 0.15) is 0 Å². The summed E-state index contributed by atoms with van der Waals surface area (Å²) in [5.41, 5.74) is 1.34. The van der Waals surface area contributed by atoms with Gasteiger partial charge < -0.3 is 5.32 Å². The maximum Gasteiger partial charge on any atom is 0.0453 e. The maximum atomic E-state index is 3.59. The van der Waals surface area contributed by atoms with Crippen LogP contribution in [0.3, 0.4) is 0 Å². The second-order valence-electron chi connectivity index (χ2n) is 4.23. The van der Waals surface area contributed by atoms with Crippen LogP contribution < -0.4 is 5.32 Å². The number of rotatable bonds is 4. The fraction of sp³-hybridized carbons (Fsp3) is 0.286. The van der Waals surface area contributed by atoms with Crippen molar-refractivity contribution >= 4 is 43.2 Å². The van der Waals surface area contributed by atoms with Gasteiger partial charge in [-0.25, -0.2) is 0 Å². The monoisotopic (exact) mass is 387 g/mol. The topological polar surface area (TPSA) is 12.0 Å². The van der Waals surface area contributed by atoms with E-state index in [1.54, 1.807) is 0 Å². The molecule has 0 radical (unpaired) electrons. The fourth-order valence-corrected chi connectivity index (χ4v) is 4.02. The van der Waals surface area contributed by atoms with Crippen LogP contribution >= 0.6 is 43.2 Å². The van der Waals surface area contributed by atoms with E-state index in [0.29, 0.717) is 6.04 Å². The van der Waals surface area contributed by atoms with Crippen molar-refractivity contribution in [1.29, 1.82) is 0 Å². The molecule has 1 heterocycles. The van der Waals surface area contributed by atoms with E-state index in [-0.39, 0.29) is 0 Å². The number of thiophene rings is 1. The first kappa shape index (κ1) is 14.3. The summed E-state index contributed by atoms with van der Waals surface area (Å²) in [4.78, 5) is 2.71. The summed E-state index contributed by atoms with van der Waals surface area (Å²) < 4.78 is 2.34. The van der Waals surface area contributed by atoms with Crippen molar-refractivity contribution in [2.45, 2.75) is 19.4 Å². The summed E-state index contributed by atoms with van der Waals surface area (Å²) in [6, 6.07) is 11.1. The molecule has 0 spiro atoms. The Morgan fingerprint density at radius 1 is 1.28 bits per heavy atom. The van der Waals surface area contributed by atoms with Crippen LogP contribution in [0.25, 0.3) is 0 Å². The van der Waals surface area contributed by atoms with E-state index in [4.69, 9.17) is 0 Å². The van der Waals surface area contributed by atoms with Gasteiger partial charge in [-0.15, -0.1) is 11.3 Å². The maximum absolute atomic E-state index is 3.59. The molecule has 1 N–H and O–H groups in total. The smallest absolute Gasteiger partial charge is 0.0453 e. The van der Waals surface area contributed by atoms with Gasteiger partial charge in [0.2, 0.25) is 0 Å². The van der Waals surface area contributed by atoms with Crippen LogP contribution in [0.5, 0.6) is 0 Å². The Balaban J connectivity index is 2.19. The molecule has 0 fully saturated rings. The first-order chi connectivity index (χ1) is 8.60. The summed E-state index contributed by atoms with van der Waals surface area (Å²) in [5.74, 6) is 0. The van der Waals surface area contributed by atoms with E-state index in [2.05, 4.69) is 74.4 Å². The SMILES string of the molecule is CNC(Cc1cccc(Br)c1)c1cc(Br)c(C)s1. The van der Waals surface area contributed by atoms with Gasteiger partial charge in [-0.2, -0.15) is 0 Å². The largest absolute Gasteiger partial charge is 0.312 e. The minimum atomic E-state index is 0.370. The van der Waals surface area contributed by atoms with Gasteiger partial charge in [0, 0.05) is 24.7 Å². The van der Waals surface area contributed by atoms with Crippen LogP contribution in [0, 0.1) is 6.92 Å². The van der Waals surface area contributed by atoms with Crippen molar-refractivity contribution in [1.82, 2.24) is 5.32 Å². The summed E-state index contributed by atoms with van der Waals surface area (Å²) in [6.45, 7) is 2.14. The number of nitrogens with one attached hydrogen (secondary N) is 1. The Morgan fingerprint density at radius 3 is 2.61 bits per heavy atom. The molecule has 0 saturated carbocycles. The van der Waals surface area contributed by atoms with Crippen molar-refractivity contribution < 1.29 is 0 Å². The molecule has 1 aromatic carbocycles. The predicted molar refractivity (Wildman–Crippen MR) is 86.4 cm³/mol. The van der Waals surface area contributed by atoms with Crippen LogP contribution in [0.4, 0.5) is 0 Å². The molecular weight excluding hydrogens is 374 g/mol. The van der Waals surface area contributed by atoms with E-state index in [9.17, 15) is 0 Å². The van der Waals surface area contributed by atoms with Gasteiger partial charge in [-0.05, 0) is 60.1 Å². The van der Waals surface area contributed by atoms with Gasteiger partial charge in [0.15, 0.2) is 0 Å². The van der Waals surface area contributed by atoms with Crippen LogP contribution in [0.1, 0.15) is 21.4 Å². The van der Waals surface area contributed by atoms with Gasteiger partial charge >= 0.3 is 0 Å². The lowest BCUT2D eigenvalue weighted by atomic mass is 10.1. The molecule has 2 rings (SSSR count). The van der Waals surface area contributed by atoms with Gasteiger partial charge in [-0.3, -0.25) is 0 Å². The quantitative estimate of drug-likeness (QED) is 0.769. The number of aryl methyl sites for hydroxylation is 1. The first-order valence-electron chi connectivity index (χ1n) is 5.77. The zero-order valence-electron chi connectivity index (χ0n) is 10.3. The highest BCUT2D eigenvalue weighted by Crippen LogP contribution is 2.32. The highest BCUT2D eigenvalue weighted by atomic mass is 79.9. The molecule has 0 aliphatic heterocycles. The van der Waals surface area contributed by atoms with E-state index in [1.807, 2.05) is 18.4 Å². The lowest BCUT2D eigenvalue weighted by Gasteiger charge is -2.14. The molecule has 4 heteroatoms. The molecule has 0 amide bonds. The van der Waals surface area contributed by atoms with Gasteiger partial charge in [-0.1, -0.05) is 28.1 Å². The summed E-state index contributed by atoms with van der Waals surface area (Å²) in [5, 5.41) is 3.40.